The smallest absolute Gasteiger partial charge is 0.226 e. The van der Waals surface area contributed by atoms with Crippen molar-refractivity contribution in [2.45, 2.75) is 13.3 Å². The average Bonchev–Trinajstić information content (AvgIpc) is 2.96. The number of anilines is 3. The number of fused-ring (bicyclic) bond motifs is 1. The van der Waals surface area contributed by atoms with Gasteiger partial charge in [-0.1, -0.05) is 6.92 Å². The molecule has 3 rings (SSSR count). The summed E-state index contributed by atoms with van der Waals surface area (Å²) in [5.74, 6) is 0.874. The van der Waals surface area contributed by atoms with E-state index in [0.717, 1.165) is 24.0 Å². The van der Waals surface area contributed by atoms with Gasteiger partial charge in [0, 0.05) is 12.2 Å². The molecule has 0 spiro atoms. The van der Waals surface area contributed by atoms with Gasteiger partial charge in [-0.05, 0) is 30.7 Å². The first-order valence-electron chi connectivity index (χ1n) is 6.74. The van der Waals surface area contributed by atoms with Crippen LogP contribution in [0.15, 0.2) is 30.5 Å². The van der Waals surface area contributed by atoms with Crippen LogP contribution >= 0.6 is 0 Å². The van der Waals surface area contributed by atoms with Crippen molar-refractivity contribution in [3.05, 3.63) is 36.3 Å². The molecule has 0 aliphatic heterocycles. The van der Waals surface area contributed by atoms with Gasteiger partial charge in [0.15, 0.2) is 5.65 Å². The van der Waals surface area contributed by atoms with Crippen LogP contribution in [-0.2, 0) is 0 Å². The number of aromatic amines is 1. The van der Waals surface area contributed by atoms with Crippen LogP contribution in [0.1, 0.15) is 13.3 Å². The van der Waals surface area contributed by atoms with E-state index in [2.05, 4.69) is 37.7 Å². The Kier molecular flexibility index (Phi) is 3.63. The molecule has 2 aromatic heterocycles. The lowest BCUT2D eigenvalue weighted by atomic mass is 10.3. The third-order valence-electron chi connectivity index (χ3n) is 2.95. The van der Waals surface area contributed by atoms with Gasteiger partial charge < -0.3 is 10.6 Å². The second kappa shape index (κ2) is 5.74. The summed E-state index contributed by atoms with van der Waals surface area (Å²) in [5, 5.41) is 13.9. The first kappa shape index (κ1) is 13.3. The molecule has 0 fully saturated rings. The van der Waals surface area contributed by atoms with Gasteiger partial charge in [0.1, 0.15) is 11.6 Å². The topological polar surface area (TPSA) is 78.5 Å². The second-order valence-corrected chi connectivity index (χ2v) is 4.59. The van der Waals surface area contributed by atoms with Crippen molar-refractivity contribution in [1.29, 1.82) is 0 Å². The number of rotatable bonds is 5. The van der Waals surface area contributed by atoms with Gasteiger partial charge in [-0.2, -0.15) is 15.1 Å². The highest BCUT2D eigenvalue weighted by molar-refractivity contribution is 5.88. The Hall–Kier alpha value is -2.70. The maximum Gasteiger partial charge on any atom is 0.226 e. The molecule has 0 bridgehead atoms. The summed E-state index contributed by atoms with van der Waals surface area (Å²) < 4.78 is 13.0. The van der Waals surface area contributed by atoms with Crippen LogP contribution < -0.4 is 10.6 Å². The SMILES string of the molecule is CCCNc1nc(Nc2ccc(F)cc2)c2cn[nH]c2n1. The molecular formula is C14H15FN6. The fraction of sp³-hybridized carbons (Fsp3) is 0.214. The summed E-state index contributed by atoms with van der Waals surface area (Å²) in [6.07, 6.45) is 2.63. The van der Waals surface area contributed by atoms with Crippen LogP contribution in [-0.4, -0.2) is 26.7 Å². The molecular weight excluding hydrogens is 271 g/mol. The lowest BCUT2D eigenvalue weighted by molar-refractivity contribution is 0.628. The number of benzene rings is 1. The first-order valence-corrected chi connectivity index (χ1v) is 6.74. The van der Waals surface area contributed by atoms with E-state index in [0.29, 0.717) is 17.4 Å². The lowest BCUT2D eigenvalue weighted by Crippen LogP contribution is -2.06. The minimum atomic E-state index is -0.276. The zero-order valence-corrected chi connectivity index (χ0v) is 11.5. The van der Waals surface area contributed by atoms with E-state index in [1.165, 1.54) is 12.1 Å². The predicted molar refractivity (Wildman–Crippen MR) is 80.1 cm³/mol. The standard InChI is InChI=1S/C14H15FN6/c1-2-7-16-14-19-12(11-8-17-21-13(11)20-14)18-10-5-3-9(15)4-6-10/h3-6,8H,2,7H2,1H3,(H3,16,17,18,19,20,21). The predicted octanol–water partition coefficient (Wildman–Crippen LogP) is 3.06. The number of nitrogens with zero attached hydrogens (tertiary/aromatic N) is 3. The molecule has 7 heteroatoms. The number of aromatic nitrogens is 4. The highest BCUT2D eigenvalue weighted by atomic mass is 19.1. The molecule has 0 radical (unpaired) electrons. The number of hydrogen-bond acceptors (Lipinski definition) is 5. The maximum absolute atomic E-state index is 13.0. The van der Waals surface area contributed by atoms with Gasteiger partial charge in [-0.3, -0.25) is 5.10 Å². The van der Waals surface area contributed by atoms with Crippen molar-refractivity contribution in [2.24, 2.45) is 0 Å². The quantitative estimate of drug-likeness (QED) is 0.672. The highest BCUT2D eigenvalue weighted by Gasteiger charge is 2.09. The normalized spacial score (nSPS) is 10.8. The Balaban J connectivity index is 1.95. The molecule has 3 aromatic rings. The highest BCUT2D eigenvalue weighted by Crippen LogP contribution is 2.23. The molecule has 6 nitrogen and oxygen atoms in total. The monoisotopic (exact) mass is 286 g/mol. The molecule has 108 valence electrons. The molecule has 0 saturated heterocycles. The van der Waals surface area contributed by atoms with Crippen LogP contribution in [0.2, 0.25) is 0 Å². The number of hydrogen-bond donors (Lipinski definition) is 3. The van der Waals surface area contributed by atoms with Crippen LogP contribution in [0.5, 0.6) is 0 Å². The summed E-state index contributed by atoms with van der Waals surface area (Å²) in [6.45, 7) is 2.86. The number of nitrogens with one attached hydrogen (secondary N) is 3. The van der Waals surface area contributed by atoms with Gasteiger partial charge in [-0.25, -0.2) is 4.39 Å². The zero-order valence-electron chi connectivity index (χ0n) is 11.5. The Labute approximate surface area is 120 Å². The van der Waals surface area contributed by atoms with Crippen LogP contribution in [0.4, 0.5) is 21.8 Å². The van der Waals surface area contributed by atoms with Crippen molar-refractivity contribution in [3.63, 3.8) is 0 Å². The first-order chi connectivity index (χ1) is 10.3. The Bertz CT molecular complexity index is 737. The molecule has 0 amide bonds. The van der Waals surface area contributed by atoms with Gasteiger partial charge in [-0.15, -0.1) is 0 Å². The Morgan fingerprint density at radius 2 is 2.00 bits per heavy atom. The van der Waals surface area contributed by atoms with E-state index < -0.39 is 0 Å². The molecule has 0 aliphatic carbocycles. The summed E-state index contributed by atoms with van der Waals surface area (Å²) in [6, 6.07) is 6.10. The van der Waals surface area contributed by atoms with E-state index in [4.69, 9.17) is 0 Å². The fourth-order valence-electron chi connectivity index (χ4n) is 1.92. The van der Waals surface area contributed by atoms with Crippen molar-refractivity contribution >= 4 is 28.5 Å². The molecule has 2 heterocycles. The summed E-state index contributed by atoms with van der Waals surface area (Å²) in [4.78, 5) is 8.79. The maximum atomic E-state index is 13.0. The molecule has 21 heavy (non-hydrogen) atoms. The molecule has 0 unspecified atom stereocenters. The Morgan fingerprint density at radius 1 is 1.19 bits per heavy atom. The summed E-state index contributed by atoms with van der Waals surface area (Å²) >= 11 is 0. The third kappa shape index (κ3) is 2.91. The van der Waals surface area contributed by atoms with Gasteiger partial charge in [0.05, 0.1) is 11.6 Å². The lowest BCUT2D eigenvalue weighted by Gasteiger charge is -2.09. The van der Waals surface area contributed by atoms with Crippen LogP contribution in [0.3, 0.4) is 0 Å². The van der Waals surface area contributed by atoms with E-state index >= 15 is 0 Å². The zero-order chi connectivity index (χ0) is 14.7. The average molecular weight is 286 g/mol. The van der Waals surface area contributed by atoms with E-state index in [1.54, 1.807) is 18.3 Å². The summed E-state index contributed by atoms with van der Waals surface area (Å²) in [5.41, 5.74) is 1.40. The van der Waals surface area contributed by atoms with Crippen molar-refractivity contribution in [3.8, 4) is 0 Å². The van der Waals surface area contributed by atoms with Gasteiger partial charge in [0.2, 0.25) is 5.95 Å². The molecule has 0 saturated carbocycles. The van der Waals surface area contributed by atoms with Crippen LogP contribution in [0.25, 0.3) is 11.0 Å². The Morgan fingerprint density at radius 3 is 2.76 bits per heavy atom. The largest absolute Gasteiger partial charge is 0.354 e. The van der Waals surface area contributed by atoms with Crippen molar-refractivity contribution < 1.29 is 4.39 Å². The van der Waals surface area contributed by atoms with Crippen molar-refractivity contribution in [1.82, 2.24) is 20.2 Å². The fourth-order valence-corrected chi connectivity index (χ4v) is 1.92. The van der Waals surface area contributed by atoms with Gasteiger partial charge >= 0.3 is 0 Å². The molecule has 0 atom stereocenters. The van der Waals surface area contributed by atoms with E-state index in [9.17, 15) is 4.39 Å². The molecule has 0 aliphatic rings. The summed E-state index contributed by atoms with van der Waals surface area (Å²) in [7, 11) is 0. The minimum absolute atomic E-state index is 0.276. The number of H-pyrrole nitrogens is 1. The van der Waals surface area contributed by atoms with Crippen molar-refractivity contribution in [2.75, 3.05) is 17.2 Å². The van der Waals surface area contributed by atoms with Crippen LogP contribution in [0, 0.1) is 5.82 Å². The van der Waals surface area contributed by atoms with E-state index in [1.807, 2.05) is 0 Å². The van der Waals surface area contributed by atoms with Gasteiger partial charge in [0.25, 0.3) is 0 Å². The minimum Gasteiger partial charge on any atom is -0.354 e. The third-order valence-corrected chi connectivity index (χ3v) is 2.95. The van der Waals surface area contributed by atoms with E-state index in [-0.39, 0.29) is 5.82 Å². The molecule has 1 aromatic carbocycles. The second-order valence-electron chi connectivity index (χ2n) is 4.59. The molecule has 3 N–H and O–H groups in total. The number of halogens is 1.